The van der Waals surface area contributed by atoms with Crippen LogP contribution in [-0.4, -0.2) is 42.9 Å². The lowest BCUT2D eigenvalue weighted by Crippen LogP contribution is -2.45. The molecular formula is C11H21NO3S2. The standard InChI is InChI=1S/C11H21NO3S2/c1-3-8-17(14,15)9(2)11(13)12-10-4-6-16-7-5-10/h9-10H,3-8H2,1-2H3,(H,12,13). The zero-order valence-corrected chi connectivity index (χ0v) is 12.1. The Hall–Kier alpha value is -0.230. The lowest BCUT2D eigenvalue weighted by atomic mass is 10.1. The zero-order valence-electron chi connectivity index (χ0n) is 10.4. The average molecular weight is 279 g/mol. The summed E-state index contributed by atoms with van der Waals surface area (Å²) in [6.45, 7) is 3.29. The summed E-state index contributed by atoms with van der Waals surface area (Å²) in [7, 11) is -3.28. The van der Waals surface area contributed by atoms with Gasteiger partial charge in [-0.25, -0.2) is 8.42 Å². The van der Waals surface area contributed by atoms with Gasteiger partial charge in [0.25, 0.3) is 0 Å². The Morgan fingerprint density at radius 3 is 2.53 bits per heavy atom. The zero-order chi connectivity index (χ0) is 12.9. The van der Waals surface area contributed by atoms with E-state index in [4.69, 9.17) is 0 Å². The van der Waals surface area contributed by atoms with Gasteiger partial charge < -0.3 is 5.32 Å². The lowest BCUT2D eigenvalue weighted by molar-refractivity contribution is -0.121. The Balaban J connectivity index is 2.51. The third kappa shape index (κ3) is 4.50. The molecule has 6 heteroatoms. The van der Waals surface area contributed by atoms with Crippen LogP contribution < -0.4 is 5.32 Å². The monoisotopic (exact) mass is 279 g/mol. The van der Waals surface area contributed by atoms with Crippen molar-refractivity contribution in [3.8, 4) is 0 Å². The number of amides is 1. The Kier molecular flexibility index (Phi) is 5.79. The number of thioether (sulfide) groups is 1. The second kappa shape index (κ2) is 6.64. The summed E-state index contributed by atoms with van der Waals surface area (Å²) in [5.74, 6) is 1.83. The quantitative estimate of drug-likeness (QED) is 0.821. The van der Waals surface area contributed by atoms with Crippen LogP contribution in [0.1, 0.15) is 33.1 Å². The summed E-state index contributed by atoms with van der Waals surface area (Å²) in [4.78, 5) is 11.8. The van der Waals surface area contributed by atoms with E-state index >= 15 is 0 Å². The number of nitrogens with one attached hydrogen (secondary N) is 1. The molecule has 1 heterocycles. The van der Waals surface area contributed by atoms with Crippen LogP contribution in [0, 0.1) is 0 Å². The normalized spacial score (nSPS) is 19.9. The molecule has 1 atom stereocenters. The van der Waals surface area contributed by atoms with Crippen molar-refractivity contribution >= 4 is 27.5 Å². The van der Waals surface area contributed by atoms with Crippen molar-refractivity contribution in [3.63, 3.8) is 0 Å². The second-order valence-electron chi connectivity index (χ2n) is 4.40. The summed E-state index contributed by atoms with van der Waals surface area (Å²) in [5, 5.41) is 1.93. The maximum atomic E-state index is 11.8. The highest BCUT2D eigenvalue weighted by Crippen LogP contribution is 2.17. The molecule has 100 valence electrons. The van der Waals surface area contributed by atoms with E-state index in [0.29, 0.717) is 6.42 Å². The van der Waals surface area contributed by atoms with Gasteiger partial charge >= 0.3 is 0 Å². The molecule has 1 aliphatic heterocycles. The van der Waals surface area contributed by atoms with Crippen LogP contribution >= 0.6 is 11.8 Å². The van der Waals surface area contributed by atoms with Gasteiger partial charge in [0.1, 0.15) is 5.25 Å². The van der Waals surface area contributed by atoms with E-state index < -0.39 is 15.1 Å². The van der Waals surface area contributed by atoms with E-state index in [2.05, 4.69) is 5.32 Å². The first-order chi connectivity index (χ1) is 7.97. The van der Waals surface area contributed by atoms with E-state index in [0.717, 1.165) is 24.3 Å². The molecule has 0 spiro atoms. The average Bonchev–Trinajstić information content (AvgIpc) is 2.29. The van der Waals surface area contributed by atoms with Gasteiger partial charge in [-0.15, -0.1) is 0 Å². The summed E-state index contributed by atoms with van der Waals surface area (Å²) in [6, 6.07) is 0.156. The predicted molar refractivity (Wildman–Crippen MR) is 72.0 cm³/mol. The van der Waals surface area contributed by atoms with Crippen LogP contribution in [0.25, 0.3) is 0 Å². The molecule has 1 aliphatic rings. The highest BCUT2D eigenvalue weighted by molar-refractivity contribution is 7.99. The SMILES string of the molecule is CCCS(=O)(=O)C(C)C(=O)NC1CCSCC1. The first-order valence-electron chi connectivity index (χ1n) is 6.07. The maximum absolute atomic E-state index is 11.8. The van der Waals surface area contributed by atoms with E-state index in [9.17, 15) is 13.2 Å². The van der Waals surface area contributed by atoms with Crippen LogP contribution in [0.15, 0.2) is 0 Å². The molecule has 0 aromatic rings. The third-order valence-corrected chi connectivity index (χ3v) is 6.28. The number of hydrogen-bond acceptors (Lipinski definition) is 4. The third-order valence-electron chi connectivity index (χ3n) is 2.96. The Labute approximate surface area is 108 Å². The fraction of sp³-hybridized carbons (Fsp3) is 0.909. The minimum absolute atomic E-state index is 0.0854. The van der Waals surface area contributed by atoms with Crippen molar-refractivity contribution in [2.24, 2.45) is 0 Å². The molecule has 1 N–H and O–H groups in total. The van der Waals surface area contributed by atoms with Crippen molar-refractivity contribution in [3.05, 3.63) is 0 Å². The van der Waals surface area contributed by atoms with Crippen LogP contribution in [0.2, 0.25) is 0 Å². The predicted octanol–water partition coefficient (Wildman–Crippen LogP) is 1.21. The number of rotatable bonds is 5. The minimum Gasteiger partial charge on any atom is -0.352 e. The molecule has 0 bridgehead atoms. The molecule has 1 unspecified atom stereocenters. The topological polar surface area (TPSA) is 63.2 Å². The summed E-state index contributed by atoms with van der Waals surface area (Å²) in [5.41, 5.74) is 0. The second-order valence-corrected chi connectivity index (χ2v) is 8.07. The van der Waals surface area contributed by atoms with E-state index in [-0.39, 0.29) is 17.7 Å². The molecule has 1 fully saturated rings. The van der Waals surface area contributed by atoms with Gasteiger partial charge in [0.05, 0.1) is 5.75 Å². The first-order valence-corrected chi connectivity index (χ1v) is 8.94. The van der Waals surface area contributed by atoms with Gasteiger partial charge in [-0.2, -0.15) is 11.8 Å². The van der Waals surface area contributed by atoms with Gasteiger partial charge in [-0.1, -0.05) is 6.92 Å². The van der Waals surface area contributed by atoms with Gasteiger partial charge in [0.15, 0.2) is 9.84 Å². The van der Waals surface area contributed by atoms with Crippen molar-refractivity contribution in [1.29, 1.82) is 0 Å². The molecule has 4 nitrogen and oxygen atoms in total. The van der Waals surface area contributed by atoms with Gasteiger partial charge in [-0.05, 0) is 37.7 Å². The molecule has 0 saturated carbocycles. The smallest absolute Gasteiger partial charge is 0.238 e. The highest BCUT2D eigenvalue weighted by atomic mass is 32.2. The lowest BCUT2D eigenvalue weighted by Gasteiger charge is -2.24. The summed E-state index contributed by atoms with van der Waals surface area (Å²) >= 11 is 1.88. The Morgan fingerprint density at radius 1 is 1.41 bits per heavy atom. The van der Waals surface area contributed by atoms with Crippen molar-refractivity contribution in [1.82, 2.24) is 5.32 Å². The van der Waals surface area contributed by atoms with Crippen LogP contribution in [0.4, 0.5) is 0 Å². The Morgan fingerprint density at radius 2 is 2.00 bits per heavy atom. The fourth-order valence-electron chi connectivity index (χ4n) is 1.78. The number of carbonyl (C=O) groups is 1. The molecule has 17 heavy (non-hydrogen) atoms. The van der Waals surface area contributed by atoms with Crippen molar-refractivity contribution < 1.29 is 13.2 Å². The fourth-order valence-corrected chi connectivity index (χ4v) is 4.21. The van der Waals surface area contributed by atoms with Crippen LogP contribution in [0.5, 0.6) is 0 Å². The van der Waals surface area contributed by atoms with Gasteiger partial charge in [-0.3, -0.25) is 4.79 Å². The molecule has 0 aromatic heterocycles. The molecule has 1 rings (SSSR count). The molecule has 0 aromatic carbocycles. The van der Waals surface area contributed by atoms with E-state index in [1.807, 2.05) is 11.8 Å². The van der Waals surface area contributed by atoms with Crippen LogP contribution in [0.3, 0.4) is 0 Å². The van der Waals surface area contributed by atoms with Crippen molar-refractivity contribution in [2.45, 2.75) is 44.4 Å². The Bertz CT molecular complexity index is 348. The van der Waals surface area contributed by atoms with Crippen LogP contribution in [-0.2, 0) is 14.6 Å². The maximum Gasteiger partial charge on any atom is 0.238 e. The first kappa shape index (κ1) is 14.8. The summed E-state index contributed by atoms with van der Waals surface area (Å²) in [6.07, 6.45) is 2.44. The van der Waals surface area contributed by atoms with Gasteiger partial charge in [0, 0.05) is 6.04 Å². The molecular weight excluding hydrogens is 258 g/mol. The number of sulfone groups is 1. The van der Waals surface area contributed by atoms with Crippen molar-refractivity contribution in [2.75, 3.05) is 17.3 Å². The van der Waals surface area contributed by atoms with E-state index in [1.165, 1.54) is 6.92 Å². The largest absolute Gasteiger partial charge is 0.352 e. The molecule has 0 aliphatic carbocycles. The molecule has 0 radical (unpaired) electrons. The highest BCUT2D eigenvalue weighted by Gasteiger charge is 2.28. The summed E-state index contributed by atoms with van der Waals surface area (Å²) < 4.78 is 23.5. The minimum atomic E-state index is -3.28. The van der Waals surface area contributed by atoms with E-state index in [1.54, 1.807) is 6.92 Å². The van der Waals surface area contributed by atoms with Gasteiger partial charge in [0.2, 0.25) is 5.91 Å². The number of hydrogen-bond donors (Lipinski definition) is 1. The molecule has 1 saturated heterocycles. The molecule has 1 amide bonds. The number of carbonyl (C=O) groups excluding carboxylic acids is 1.